The van der Waals surface area contributed by atoms with Gasteiger partial charge in [-0.15, -0.1) is 0 Å². The molecule has 0 aliphatic carbocycles. The minimum Gasteiger partial charge on any atom is -0.376 e. The van der Waals surface area contributed by atoms with Crippen LogP contribution in [0.1, 0.15) is 38.3 Å². The van der Waals surface area contributed by atoms with E-state index in [1.807, 2.05) is 4.57 Å². The first-order valence-electron chi connectivity index (χ1n) is 9.68. The third kappa shape index (κ3) is 4.06. The second-order valence-corrected chi connectivity index (χ2v) is 7.31. The molecule has 0 bridgehead atoms. The largest absolute Gasteiger partial charge is 0.376 e. The first-order valence-corrected chi connectivity index (χ1v) is 9.68. The van der Waals surface area contributed by atoms with Crippen molar-refractivity contribution in [2.45, 2.75) is 45.4 Å². The summed E-state index contributed by atoms with van der Waals surface area (Å²) in [6, 6.07) is 6.65. The predicted molar refractivity (Wildman–Crippen MR) is 107 cm³/mol. The summed E-state index contributed by atoms with van der Waals surface area (Å²) in [6.07, 6.45) is 4.13. The predicted octanol–water partition coefficient (Wildman–Crippen LogP) is 3.75. The van der Waals surface area contributed by atoms with Crippen LogP contribution in [0.5, 0.6) is 0 Å². The minimum absolute atomic E-state index is 0.199. The zero-order valence-electron chi connectivity index (χ0n) is 16.2. The smallest absolute Gasteiger partial charge is 0.226 e. The first kappa shape index (κ1) is 18.6. The molecule has 0 radical (unpaired) electrons. The van der Waals surface area contributed by atoms with Crippen LogP contribution in [0, 0.1) is 5.82 Å². The molecule has 3 heterocycles. The molecule has 0 unspecified atom stereocenters. The Labute approximate surface area is 163 Å². The van der Waals surface area contributed by atoms with Gasteiger partial charge in [-0.1, -0.05) is 12.1 Å². The van der Waals surface area contributed by atoms with Crippen LogP contribution in [0.2, 0.25) is 0 Å². The van der Waals surface area contributed by atoms with E-state index in [4.69, 9.17) is 4.74 Å². The number of nitrogens with zero attached hydrogens (tertiary/aromatic N) is 4. The van der Waals surface area contributed by atoms with Crippen LogP contribution >= 0.6 is 0 Å². The Hall–Kier alpha value is -2.74. The maximum atomic E-state index is 13.1. The molecule has 1 aliphatic heterocycles. The Morgan fingerprint density at radius 2 is 2.04 bits per heavy atom. The molecule has 2 aromatic heterocycles. The second kappa shape index (κ2) is 8.10. The van der Waals surface area contributed by atoms with Gasteiger partial charge in [0.2, 0.25) is 5.95 Å². The van der Waals surface area contributed by atoms with Crippen LogP contribution in [-0.4, -0.2) is 38.8 Å². The van der Waals surface area contributed by atoms with Crippen molar-refractivity contribution in [1.82, 2.24) is 19.5 Å². The van der Waals surface area contributed by atoms with E-state index in [1.165, 1.54) is 12.1 Å². The molecule has 1 fully saturated rings. The lowest BCUT2D eigenvalue weighted by Crippen LogP contribution is -2.20. The Morgan fingerprint density at radius 1 is 1.21 bits per heavy atom. The van der Waals surface area contributed by atoms with E-state index in [0.717, 1.165) is 36.2 Å². The van der Waals surface area contributed by atoms with Crippen molar-refractivity contribution < 1.29 is 9.13 Å². The molecule has 3 aromatic rings. The lowest BCUT2D eigenvalue weighted by Gasteiger charge is -2.14. The molecule has 148 valence electrons. The number of nitrogens with one attached hydrogen (secondary N) is 2. The van der Waals surface area contributed by atoms with Gasteiger partial charge in [0.25, 0.3) is 0 Å². The monoisotopic (exact) mass is 384 g/mol. The average Bonchev–Trinajstić information content (AvgIpc) is 3.35. The third-order valence-electron chi connectivity index (χ3n) is 4.86. The normalized spacial score (nSPS) is 16.8. The highest BCUT2D eigenvalue weighted by Crippen LogP contribution is 2.24. The zero-order valence-corrected chi connectivity index (χ0v) is 16.2. The number of benzene rings is 1. The fourth-order valence-corrected chi connectivity index (χ4v) is 3.30. The van der Waals surface area contributed by atoms with E-state index >= 15 is 0 Å². The fraction of sp³-hybridized carbons (Fsp3) is 0.450. The molecule has 28 heavy (non-hydrogen) atoms. The summed E-state index contributed by atoms with van der Waals surface area (Å²) >= 11 is 0. The van der Waals surface area contributed by atoms with E-state index in [1.54, 1.807) is 18.5 Å². The highest BCUT2D eigenvalue weighted by molar-refractivity contribution is 5.84. The SMILES string of the molecule is CC(C)n1cnc2c(NCc3ccc(F)cc3)nc(NC[C@@H]3CCCO3)nc21. The molecule has 0 saturated carbocycles. The number of imidazole rings is 1. The van der Waals surface area contributed by atoms with Crippen molar-refractivity contribution in [3.8, 4) is 0 Å². The quantitative estimate of drug-likeness (QED) is 0.646. The highest BCUT2D eigenvalue weighted by Gasteiger charge is 2.18. The summed E-state index contributed by atoms with van der Waals surface area (Å²) in [4.78, 5) is 13.8. The average molecular weight is 384 g/mol. The first-order chi connectivity index (χ1) is 13.6. The van der Waals surface area contributed by atoms with Crippen LogP contribution in [-0.2, 0) is 11.3 Å². The molecule has 1 aliphatic rings. The Morgan fingerprint density at radius 3 is 2.75 bits per heavy atom. The van der Waals surface area contributed by atoms with E-state index in [2.05, 4.69) is 39.4 Å². The summed E-state index contributed by atoms with van der Waals surface area (Å²) in [7, 11) is 0. The molecule has 1 atom stereocenters. The molecular formula is C20H25FN6O. The van der Waals surface area contributed by atoms with Crippen LogP contribution in [0.4, 0.5) is 16.2 Å². The van der Waals surface area contributed by atoms with Gasteiger partial charge in [0, 0.05) is 25.7 Å². The molecule has 0 amide bonds. The van der Waals surface area contributed by atoms with Gasteiger partial charge in [0.1, 0.15) is 5.82 Å². The van der Waals surface area contributed by atoms with Crippen molar-refractivity contribution in [3.63, 3.8) is 0 Å². The van der Waals surface area contributed by atoms with Crippen LogP contribution in [0.25, 0.3) is 11.2 Å². The summed E-state index contributed by atoms with van der Waals surface area (Å²) in [6.45, 7) is 6.20. The standard InChI is InChI=1S/C20H25FN6O/c1-13(2)27-12-24-17-18(22-10-14-5-7-15(21)8-6-14)25-20(26-19(17)27)23-11-16-4-3-9-28-16/h5-8,12-13,16H,3-4,9-11H2,1-2H3,(H2,22,23,25,26)/t16-/m0/s1. The molecule has 1 aromatic carbocycles. The molecule has 2 N–H and O–H groups in total. The maximum Gasteiger partial charge on any atom is 0.226 e. The van der Waals surface area contributed by atoms with Crippen molar-refractivity contribution >= 4 is 22.9 Å². The van der Waals surface area contributed by atoms with Gasteiger partial charge in [-0.25, -0.2) is 9.37 Å². The van der Waals surface area contributed by atoms with Crippen molar-refractivity contribution in [1.29, 1.82) is 0 Å². The highest BCUT2D eigenvalue weighted by atomic mass is 19.1. The number of aromatic nitrogens is 4. The third-order valence-corrected chi connectivity index (χ3v) is 4.86. The van der Waals surface area contributed by atoms with Crippen molar-refractivity contribution in [3.05, 3.63) is 42.0 Å². The Bertz CT molecular complexity index is 934. The van der Waals surface area contributed by atoms with Gasteiger partial charge >= 0.3 is 0 Å². The Kier molecular flexibility index (Phi) is 5.38. The van der Waals surface area contributed by atoms with Crippen LogP contribution in [0.3, 0.4) is 0 Å². The number of hydrogen-bond acceptors (Lipinski definition) is 6. The summed E-state index contributed by atoms with van der Waals surface area (Å²) in [5.41, 5.74) is 2.46. The summed E-state index contributed by atoms with van der Waals surface area (Å²) in [5, 5.41) is 6.63. The second-order valence-electron chi connectivity index (χ2n) is 7.31. The Balaban J connectivity index is 1.59. The minimum atomic E-state index is -0.246. The molecular weight excluding hydrogens is 359 g/mol. The molecule has 8 heteroatoms. The van der Waals surface area contributed by atoms with Crippen molar-refractivity contribution in [2.24, 2.45) is 0 Å². The molecule has 4 rings (SSSR count). The van der Waals surface area contributed by atoms with Gasteiger partial charge in [-0.2, -0.15) is 9.97 Å². The lowest BCUT2D eigenvalue weighted by atomic mass is 10.2. The van der Waals surface area contributed by atoms with E-state index in [-0.39, 0.29) is 18.0 Å². The number of ether oxygens (including phenoxy) is 1. The maximum absolute atomic E-state index is 13.1. The topological polar surface area (TPSA) is 76.9 Å². The van der Waals surface area contributed by atoms with Gasteiger partial charge in [0.05, 0.1) is 12.4 Å². The summed E-state index contributed by atoms with van der Waals surface area (Å²) in [5.74, 6) is 0.958. The number of fused-ring (bicyclic) bond motifs is 1. The molecule has 0 spiro atoms. The van der Waals surface area contributed by atoms with Crippen molar-refractivity contribution in [2.75, 3.05) is 23.8 Å². The number of rotatable bonds is 7. The number of anilines is 2. The molecule has 1 saturated heterocycles. The zero-order chi connectivity index (χ0) is 19.5. The van der Waals surface area contributed by atoms with E-state index in [9.17, 15) is 4.39 Å². The van der Waals surface area contributed by atoms with Gasteiger partial charge < -0.3 is 19.9 Å². The van der Waals surface area contributed by atoms with Crippen LogP contribution in [0.15, 0.2) is 30.6 Å². The molecule has 7 nitrogen and oxygen atoms in total. The summed E-state index contributed by atoms with van der Waals surface area (Å²) < 4.78 is 20.8. The number of halogens is 1. The van der Waals surface area contributed by atoms with Gasteiger partial charge in [-0.05, 0) is 44.4 Å². The fourth-order valence-electron chi connectivity index (χ4n) is 3.30. The van der Waals surface area contributed by atoms with Crippen LogP contribution < -0.4 is 10.6 Å². The van der Waals surface area contributed by atoms with Gasteiger partial charge in [-0.3, -0.25) is 0 Å². The van der Waals surface area contributed by atoms with Gasteiger partial charge in [0.15, 0.2) is 17.0 Å². The lowest BCUT2D eigenvalue weighted by molar-refractivity contribution is 0.120. The van der Waals surface area contributed by atoms with E-state index < -0.39 is 0 Å². The van der Waals surface area contributed by atoms with E-state index in [0.29, 0.717) is 24.9 Å². The number of hydrogen-bond donors (Lipinski definition) is 2.